The number of amides is 1. The van der Waals surface area contributed by atoms with Crippen LogP contribution in [0.15, 0.2) is 17.5 Å². The Hall–Kier alpha value is -2.28. The minimum absolute atomic E-state index is 0.142. The van der Waals surface area contributed by atoms with E-state index in [0.29, 0.717) is 12.8 Å². The molecule has 6 heteroatoms. The Labute approximate surface area is 132 Å². The molecule has 22 heavy (non-hydrogen) atoms. The van der Waals surface area contributed by atoms with Crippen LogP contribution in [0.3, 0.4) is 0 Å². The minimum Gasteiger partial charge on any atom is -0.481 e. The van der Waals surface area contributed by atoms with Crippen molar-refractivity contribution < 1.29 is 14.7 Å². The summed E-state index contributed by atoms with van der Waals surface area (Å²) in [6.45, 7) is 0.394. The zero-order valence-electron chi connectivity index (χ0n) is 11.9. The predicted octanol–water partition coefficient (Wildman–Crippen LogP) is 0.562. The second-order valence-corrected chi connectivity index (χ2v) is 6.15. The number of carboxylic acid groups (broad SMARTS) is 1. The summed E-state index contributed by atoms with van der Waals surface area (Å²) in [5, 5.41) is 14.0. The van der Waals surface area contributed by atoms with Crippen molar-refractivity contribution in [2.75, 3.05) is 13.1 Å². The third kappa shape index (κ3) is 2.59. The van der Waals surface area contributed by atoms with E-state index in [9.17, 15) is 14.7 Å². The van der Waals surface area contributed by atoms with Gasteiger partial charge in [0.25, 0.3) is 5.91 Å². The van der Waals surface area contributed by atoms with Crippen LogP contribution >= 0.6 is 11.3 Å². The lowest BCUT2D eigenvalue weighted by molar-refractivity contribution is -0.141. The summed E-state index contributed by atoms with van der Waals surface area (Å²) in [6, 6.07) is 3.67. The van der Waals surface area contributed by atoms with E-state index in [4.69, 9.17) is 12.2 Å². The van der Waals surface area contributed by atoms with Crippen LogP contribution in [0.25, 0.3) is 0 Å². The average molecular weight is 316 g/mol. The number of hydrogen-bond acceptors (Lipinski definition) is 4. The monoisotopic (exact) mass is 316 g/mol. The van der Waals surface area contributed by atoms with Crippen molar-refractivity contribution in [1.29, 1.82) is 0 Å². The molecular formula is C16H16N2O3S. The quantitative estimate of drug-likeness (QED) is 0.692. The third-order valence-electron chi connectivity index (χ3n) is 4.10. The van der Waals surface area contributed by atoms with Crippen LogP contribution in [-0.2, 0) is 15.0 Å². The molecule has 0 aromatic carbocycles. The highest BCUT2D eigenvalue weighted by molar-refractivity contribution is 7.10. The van der Waals surface area contributed by atoms with Crippen molar-refractivity contribution in [1.82, 2.24) is 5.32 Å². The zero-order chi connectivity index (χ0) is 16.2. The Balaban J connectivity index is 2.09. The molecule has 1 fully saturated rings. The van der Waals surface area contributed by atoms with Gasteiger partial charge in [0.05, 0.1) is 6.54 Å². The molecule has 2 atom stereocenters. The second-order valence-electron chi connectivity index (χ2n) is 5.21. The van der Waals surface area contributed by atoms with Gasteiger partial charge in [-0.3, -0.25) is 9.59 Å². The van der Waals surface area contributed by atoms with Crippen LogP contribution in [0.5, 0.6) is 0 Å². The standard InChI is InChI=1S/C16H16N2O3S/c1-2-13(19)18-8-4-3-7-15(11-17)10-16(15,14(20)21)12-6-5-9-22-12/h1,5-6,9H,7-8,10-11,17H2,(H,18,19)(H,20,21)/t15-,16-/m0/s1. The number of thiophene rings is 1. The molecule has 1 aromatic heterocycles. The summed E-state index contributed by atoms with van der Waals surface area (Å²) in [7, 11) is 0. The summed E-state index contributed by atoms with van der Waals surface area (Å²) in [4.78, 5) is 23.5. The van der Waals surface area contributed by atoms with Gasteiger partial charge < -0.3 is 16.2 Å². The molecule has 0 spiro atoms. The molecule has 0 unspecified atom stereocenters. The maximum atomic E-state index is 11.8. The Kier molecular flexibility index (Phi) is 4.56. The largest absolute Gasteiger partial charge is 0.481 e. The lowest BCUT2D eigenvalue weighted by Gasteiger charge is -2.18. The molecule has 114 valence electrons. The van der Waals surface area contributed by atoms with E-state index >= 15 is 0 Å². The maximum Gasteiger partial charge on any atom is 0.315 e. The smallest absolute Gasteiger partial charge is 0.315 e. The van der Waals surface area contributed by atoms with Gasteiger partial charge in [-0.2, -0.15) is 0 Å². The lowest BCUT2D eigenvalue weighted by Crippen LogP contribution is -2.32. The minimum atomic E-state index is -0.938. The van der Waals surface area contributed by atoms with E-state index < -0.39 is 22.7 Å². The highest BCUT2D eigenvalue weighted by Crippen LogP contribution is 2.67. The number of rotatable bonds is 5. The maximum absolute atomic E-state index is 11.8. The molecule has 4 N–H and O–H groups in total. The van der Waals surface area contributed by atoms with Crippen molar-refractivity contribution in [3.63, 3.8) is 0 Å². The van der Waals surface area contributed by atoms with Crippen LogP contribution < -0.4 is 11.1 Å². The molecule has 0 radical (unpaired) electrons. The second kappa shape index (κ2) is 6.23. The van der Waals surface area contributed by atoms with Crippen LogP contribution in [0.2, 0.25) is 0 Å². The molecule has 0 saturated heterocycles. The van der Waals surface area contributed by atoms with Gasteiger partial charge in [0, 0.05) is 23.3 Å². The Morgan fingerprint density at radius 3 is 2.82 bits per heavy atom. The molecule has 1 heterocycles. The fraction of sp³-hybridized carbons (Fsp3) is 0.375. The molecule has 1 aromatic rings. The summed E-state index contributed by atoms with van der Waals surface area (Å²) in [6.07, 6.45) is 5.78. The first kappa shape index (κ1) is 16.1. The van der Waals surface area contributed by atoms with Gasteiger partial charge in [0.2, 0.25) is 0 Å². The van der Waals surface area contributed by atoms with Crippen molar-refractivity contribution in [3.05, 3.63) is 22.4 Å². The number of carboxylic acids is 1. The molecule has 1 aliphatic carbocycles. The molecule has 0 bridgehead atoms. The van der Waals surface area contributed by atoms with Crippen LogP contribution in [0.1, 0.15) is 17.7 Å². The van der Waals surface area contributed by atoms with E-state index in [-0.39, 0.29) is 13.1 Å². The number of carbonyl (C=O) groups excluding carboxylic acids is 1. The fourth-order valence-corrected chi connectivity index (χ4v) is 3.78. The Morgan fingerprint density at radius 2 is 2.27 bits per heavy atom. The Bertz CT molecular complexity index is 680. The van der Waals surface area contributed by atoms with Crippen molar-refractivity contribution >= 4 is 23.2 Å². The number of carbonyl (C=O) groups is 2. The van der Waals surface area contributed by atoms with Crippen molar-refractivity contribution in [2.24, 2.45) is 11.1 Å². The van der Waals surface area contributed by atoms with E-state index in [1.165, 1.54) is 11.3 Å². The van der Waals surface area contributed by atoms with Gasteiger partial charge in [-0.1, -0.05) is 12.0 Å². The first-order valence-electron chi connectivity index (χ1n) is 6.70. The SMILES string of the molecule is C#CC(=O)NCC#CC[C@@]1(CN)C[C@@]1(C(=O)O)c1cccs1. The lowest BCUT2D eigenvalue weighted by atomic mass is 9.88. The van der Waals surface area contributed by atoms with Gasteiger partial charge >= 0.3 is 5.97 Å². The summed E-state index contributed by atoms with van der Waals surface area (Å²) < 4.78 is 0. The first-order chi connectivity index (χ1) is 10.5. The van der Waals surface area contributed by atoms with E-state index in [0.717, 1.165) is 4.88 Å². The van der Waals surface area contributed by atoms with Crippen molar-refractivity contribution in [3.8, 4) is 24.2 Å². The number of nitrogens with two attached hydrogens (primary N) is 1. The molecule has 1 amide bonds. The molecule has 0 aliphatic heterocycles. The number of nitrogens with one attached hydrogen (secondary N) is 1. The van der Waals surface area contributed by atoms with Crippen molar-refractivity contribution in [2.45, 2.75) is 18.3 Å². The summed E-state index contributed by atoms with van der Waals surface area (Å²) >= 11 is 1.43. The van der Waals surface area contributed by atoms with Gasteiger partial charge in [-0.05, 0) is 23.8 Å². The number of terminal acetylenes is 1. The molecule has 5 nitrogen and oxygen atoms in total. The fourth-order valence-electron chi connectivity index (χ4n) is 2.74. The highest BCUT2D eigenvalue weighted by Gasteiger charge is 2.72. The van der Waals surface area contributed by atoms with E-state index in [1.54, 1.807) is 0 Å². The van der Waals surface area contributed by atoms with Crippen LogP contribution in [0, 0.1) is 29.6 Å². The molecule has 2 rings (SSSR count). The number of hydrogen-bond donors (Lipinski definition) is 3. The first-order valence-corrected chi connectivity index (χ1v) is 7.58. The average Bonchev–Trinajstić information content (AvgIpc) is 2.90. The van der Waals surface area contributed by atoms with Gasteiger partial charge in [0.1, 0.15) is 5.41 Å². The van der Waals surface area contributed by atoms with Gasteiger partial charge in [-0.25, -0.2) is 0 Å². The molecule has 1 saturated carbocycles. The van der Waals surface area contributed by atoms with Crippen LogP contribution in [0.4, 0.5) is 0 Å². The Morgan fingerprint density at radius 1 is 1.50 bits per heavy atom. The van der Waals surface area contributed by atoms with Crippen LogP contribution in [-0.4, -0.2) is 30.1 Å². The summed E-state index contributed by atoms with van der Waals surface area (Å²) in [5.41, 5.74) is 4.36. The topological polar surface area (TPSA) is 92.4 Å². The van der Waals surface area contributed by atoms with E-state index in [2.05, 4.69) is 17.2 Å². The number of aliphatic carboxylic acids is 1. The summed E-state index contributed by atoms with van der Waals surface area (Å²) in [5.74, 6) is 6.25. The van der Waals surface area contributed by atoms with E-state index in [1.807, 2.05) is 23.4 Å². The third-order valence-corrected chi connectivity index (χ3v) is 5.13. The normalized spacial score (nSPS) is 25.5. The predicted molar refractivity (Wildman–Crippen MR) is 84.0 cm³/mol. The zero-order valence-corrected chi connectivity index (χ0v) is 12.7. The van der Waals surface area contributed by atoms with Gasteiger partial charge in [0.15, 0.2) is 0 Å². The highest BCUT2D eigenvalue weighted by atomic mass is 32.1. The molecule has 1 aliphatic rings. The molecular weight excluding hydrogens is 300 g/mol. The van der Waals surface area contributed by atoms with Gasteiger partial charge in [-0.15, -0.1) is 23.7 Å².